The molecule has 422 valence electrons. The summed E-state index contributed by atoms with van der Waals surface area (Å²) >= 11 is 0. The fourth-order valence-corrected chi connectivity index (χ4v) is 7.67. The van der Waals surface area contributed by atoms with Crippen molar-refractivity contribution in [3.8, 4) is 0 Å². The number of aliphatic hydroxyl groups is 2. The van der Waals surface area contributed by atoms with Crippen LogP contribution in [-0.2, 0) is 42.9 Å². The van der Waals surface area contributed by atoms with E-state index >= 15 is 0 Å². The number of carboxylic acids is 1. The molecule has 0 aliphatic carbocycles. The molecule has 1 saturated heterocycles. The van der Waals surface area contributed by atoms with Crippen molar-refractivity contribution in [1.29, 1.82) is 0 Å². The molecule has 6 unspecified atom stereocenters. The Bertz CT molecular complexity index is 1770. The van der Waals surface area contributed by atoms with Crippen molar-refractivity contribution in [1.82, 2.24) is 0 Å². The smallest absolute Gasteiger partial charge is 0.335 e. The van der Waals surface area contributed by atoms with Gasteiger partial charge in [-0.1, -0.05) is 187 Å². The summed E-state index contributed by atoms with van der Waals surface area (Å²) in [4.78, 5) is 51.0. The predicted molar refractivity (Wildman–Crippen MR) is 303 cm³/mol. The van der Waals surface area contributed by atoms with Gasteiger partial charge in [-0.25, -0.2) is 4.79 Å². The van der Waals surface area contributed by atoms with Gasteiger partial charge in [0.25, 0.3) is 0 Å². The molecule has 0 aromatic heterocycles. The topological polar surface area (TPSA) is 175 Å². The molecule has 12 nitrogen and oxygen atoms in total. The molecule has 1 aliphatic rings. The van der Waals surface area contributed by atoms with Crippen LogP contribution in [0, 0.1) is 0 Å². The van der Waals surface area contributed by atoms with Crippen LogP contribution in [0.25, 0.3) is 0 Å². The quantitative estimate of drug-likeness (QED) is 0.0228. The highest BCUT2D eigenvalue weighted by molar-refractivity contribution is 5.74. The number of esters is 3. The molecule has 0 bridgehead atoms. The van der Waals surface area contributed by atoms with E-state index in [-0.39, 0.29) is 25.9 Å². The van der Waals surface area contributed by atoms with Crippen LogP contribution in [0.5, 0.6) is 0 Å². The second kappa shape index (κ2) is 50.0. The van der Waals surface area contributed by atoms with Gasteiger partial charge >= 0.3 is 23.9 Å². The number of hydrogen-bond donors (Lipinski definition) is 3. The van der Waals surface area contributed by atoms with E-state index in [1.807, 2.05) is 6.08 Å². The lowest BCUT2D eigenvalue weighted by molar-refractivity contribution is -0.301. The number of allylic oxidation sites excluding steroid dienone is 20. The van der Waals surface area contributed by atoms with E-state index in [4.69, 9.17) is 23.7 Å². The van der Waals surface area contributed by atoms with Crippen molar-refractivity contribution in [2.75, 3.05) is 13.2 Å². The van der Waals surface area contributed by atoms with Crippen molar-refractivity contribution in [3.63, 3.8) is 0 Å². The monoisotopic (exact) mass is 1050 g/mol. The molecule has 0 saturated carbocycles. The van der Waals surface area contributed by atoms with Gasteiger partial charge in [-0.3, -0.25) is 14.4 Å². The van der Waals surface area contributed by atoms with Crippen LogP contribution in [0.3, 0.4) is 0 Å². The number of unbranched alkanes of at least 4 members (excludes halogenated alkanes) is 12. The van der Waals surface area contributed by atoms with Crippen LogP contribution in [0.2, 0.25) is 0 Å². The molecule has 12 heteroatoms. The van der Waals surface area contributed by atoms with E-state index in [0.29, 0.717) is 25.7 Å². The van der Waals surface area contributed by atoms with Gasteiger partial charge in [0, 0.05) is 19.3 Å². The van der Waals surface area contributed by atoms with Gasteiger partial charge in [-0.15, -0.1) is 0 Å². The maximum Gasteiger partial charge on any atom is 0.335 e. The fraction of sp³-hybridized carbons (Fsp3) is 0.619. The Labute approximate surface area is 452 Å². The largest absolute Gasteiger partial charge is 0.479 e. The zero-order valence-corrected chi connectivity index (χ0v) is 46.2. The predicted octanol–water partition coefficient (Wildman–Crippen LogP) is 14.4. The minimum absolute atomic E-state index is 0.0347. The van der Waals surface area contributed by atoms with Crippen molar-refractivity contribution in [2.45, 2.75) is 237 Å². The highest BCUT2D eigenvalue weighted by Crippen LogP contribution is 2.26. The first kappa shape index (κ1) is 68.1. The summed E-state index contributed by atoms with van der Waals surface area (Å²) in [5.74, 6) is -3.26. The standard InChI is InChI=1S/C63H98O12/c1-4-7-10-13-16-19-22-24-26-28-30-32-35-37-40-43-46-49-55(64)71-52-54(73-56(65)50-47-44-41-39-36-33-31-29-27-25-23-20-17-14-11-8-5-2)53-72-63-61(59(68)58(67)60(75-63)62(69)70)74-57(66)51-48-45-42-38-34-21-18-15-12-9-6-3/h7-8,10-11,15-20,24-27,30-33,37,40,54,58-61,63,67-68H,4-6,9,12-14,21-23,28-29,34-36,38-39,41-53H2,1-3H3,(H,69,70)/b10-7-,11-8-,18-15-,19-16-,20-17-,26-24-,27-25-,32-30-,33-31-,40-37-. The van der Waals surface area contributed by atoms with Crippen LogP contribution in [0.15, 0.2) is 122 Å². The molecule has 0 radical (unpaired) electrons. The lowest BCUT2D eigenvalue weighted by Crippen LogP contribution is -2.61. The van der Waals surface area contributed by atoms with Crippen molar-refractivity contribution in [2.24, 2.45) is 0 Å². The molecule has 0 amide bonds. The molecule has 0 aromatic rings. The molecule has 1 aliphatic heterocycles. The molecule has 6 atom stereocenters. The highest BCUT2D eigenvalue weighted by Gasteiger charge is 2.50. The second-order valence-electron chi connectivity index (χ2n) is 18.8. The first-order valence-corrected chi connectivity index (χ1v) is 28.5. The van der Waals surface area contributed by atoms with Gasteiger partial charge in [0.15, 0.2) is 24.6 Å². The number of aliphatic carboxylic acids is 1. The Hall–Kier alpha value is -4.88. The molecule has 75 heavy (non-hydrogen) atoms. The lowest BCUT2D eigenvalue weighted by Gasteiger charge is -2.40. The number of hydrogen-bond acceptors (Lipinski definition) is 11. The number of carbonyl (C=O) groups is 4. The average Bonchev–Trinajstić information content (AvgIpc) is 3.39. The van der Waals surface area contributed by atoms with Crippen molar-refractivity contribution >= 4 is 23.9 Å². The number of rotatable bonds is 46. The third kappa shape index (κ3) is 40.1. The molecular formula is C63H98O12. The van der Waals surface area contributed by atoms with Crippen LogP contribution in [0.4, 0.5) is 0 Å². The summed E-state index contributed by atoms with van der Waals surface area (Å²) < 4.78 is 28.3. The number of aliphatic hydroxyl groups excluding tert-OH is 2. The van der Waals surface area contributed by atoms with Gasteiger partial charge in [0.1, 0.15) is 18.8 Å². The highest BCUT2D eigenvalue weighted by atomic mass is 16.7. The molecule has 3 N–H and O–H groups in total. The Morgan fingerprint density at radius 1 is 0.453 bits per heavy atom. The molecule has 1 heterocycles. The summed E-state index contributed by atoms with van der Waals surface area (Å²) in [7, 11) is 0. The van der Waals surface area contributed by atoms with Gasteiger partial charge < -0.3 is 39.0 Å². The van der Waals surface area contributed by atoms with Gasteiger partial charge in [-0.2, -0.15) is 0 Å². The van der Waals surface area contributed by atoms with Crippen LogP contribution in [0.1, 0.15) is 201 Å². The summed E-state index contributed by atoms with van der Waals surface area (Å²) in [6.45, 7) is 5.62. The number of ether oxygens (including phenoxy) is 5. The zero-order valence-electron chi connectivity index (χ0n) is 46.2. The molecule has 1 fully saturated rings. The minimum Gasteiger partial charge on any atom is -0.479 e. The molecule has 0 aromatic carbocycles. The van der Waals surface area contributed by atoms with E-state index in [9.17, 15) is 34.5 Å². The normalized spacial score (nSPS) is 19.1. The maximum absolute atomic E-state index is 13.1. The van der Waals surface area contributed by atoms with Crippen molar-refractivity contribution in [3.05, 3.63) is 122 Å². The Morgan fingerprint density at radius 3 is 1.33 bits per heavy atom. The zero-order chi connectivity index (χ0) is 54.7. The first-order valence-electron chi connectivity index (χ1n) is 28.5. The lowest BCUT2D eigenvalue weighted by atomic mass is 9.98. The number of carbonyl (C=O) groups excluding carboxylic acids is 3. The van der Waals surface area contributed by atoms with E-state index in [2.05, 4.69) is 136 Å². The summed E-state index contributed by atoms with van der Waals surface area (Å²) in [5.41, 5.74) is 0. The summed E-state index contributed by atoms with van der Waals surface area (Å²) in [6.07, 6.45) is 56.1. The SMILES string of the molecule is CC/C=C\C/C=C\C/C=C\C/C=C\C/C=C\CCCC(=O)OCC(COC1OC(C(=O)O)C(O)C(O)C1OC(=O)CCCCCCC/C=C\CCCC)OC(=O)CCCCCC/C=C\C/C=C\C/C=C\C/C=C\CC. The van der Waals surface area contributed by atoms with Crippen molar-refractivity contribution < 1.29 is 58.2 Å². The summed E-state index contributed by atoms with van der Waals surface area (Å²) in [5, 5.41) is 31.4. The van der Waals surface area contributed by atoms with E-state index in [0.717, 1.165) is 122 Å². The first-order chi connectivity index (χ1) is 36.6. The van der Waals surface area contributed by atoms with Crippen LogP contribution in [-0.4, -0.2) is 89.2 Å². The van der Waals surface area contributed by atoms with Crippen LogP contribution >= 0.6 is 0 Å². The third-order valence-corrected chi connectivity index (χ3v) is 12.0. The maximum atomic E-state index is 13.1. The average molecular weight is 1050 g/mol. The van der Waals surface area contributed by atoms with Gasteiger partial charge in [-0.05, 0) is 116 Å². The fourth-order valence-electron chi connectivity index (χ4n) is 7.67. The molecule has 1 rings (SSSR count). The van der Waals surface area contributed by atoms with E-state index < -0.39 is 67.3 Å². The van der Waals surface area contributed by atoms with Gasteiger partial charge in [0.05, 0.1) is 6.61 Å². The minimum atomic E-state index is -1.92. The number of carboxylic acid groups (broad SMARTS) is 1. The van der Waals surface area contributed by atoms with E-state index in [1.54, 1.807) is 0 Å². The summed E-state index contributed by atoms with van der Waals surface area (Å²) in [6, 6.07) is 0. The Balaban J connectivity index is 2.77. The van der Waals surface area contributed by atoms with E-state index in [1.165, 1.54) is 12.8 Å². The third-order valence-electron chi connectivity index (χ3n) is 12.0. The van der Waals surface area contributed by atoms with Crippen LogP contribution < -0.4 is 0 Å². The Kier molecular flexibility index (Phi) is 45.4. The second-order valence-corrected chi connectivity index (χ2v) is 18.8. The Morgan fingerprint density at radius 2 is 0.853 bits per heavy atom. The molecule has 0 spiro atoms. The van der Waals surface area contributed by atoms with Gasteiger partial charge in [0.2, 0.25) is 0 Å². The molecular weight excluding hydrogens is 949 g/mol.